The molecule has 0 aromatic heterocycles. The largest absolute Gasteiger partial charge is 0.479 e. The van der Waals surface area contributed by atoms with Gasteiger partial charge in [0.15, 0.2) is 6.10 Å². The molecule has 0 saturated carbocycles. The monoisotopic (exact) mass is 250 g/mol. The zero-order valence-electron chi connectivity index (χ0n) is 9.67. The molecule has 96 valence electrons. The fourth-order valence-corrected chi connectivity index (χ4v) is 1.92. The van der Waals surface area contributed by atoms with Crippen LogP contribution in [0.1, 0.15) is 5.56 Å². The van der Waals surface area contributed by atoms with Crippen LogP contribution in [0.3, 0.4) is 0 Å². The first kappa shape index (κ1) is 12.4. The number of carbonyl (C=O) groups excluding carboxylic acids is 1. The number of amides is 2. The van der Waals surface area contributed by atoms with Gasteiger partial charge in [-0.2, -0.15) is 0 Å². The number of benzene rings is 1. The fraction of sp³-hybridized carbons (Fsp3) is 0.333. The molecule has 6 heteroatoms. The highest BCUT2D eigenvalue weighted by molar-refractivity contribution is 5.94. The lowest BCUT2D eigenvalue weighted by atomic mass is 10.2. The maximum absolute atomic E-state index is 11.8. The van der Waals surface area contributed by atoms with E-state index >= 15 is 0 Å². The zero-order valence-corrected chi connectivity index (χ0v) is 9.67. The quantitative estimate of drug-likeness (QED) is 0.715. The number of nitrogens with one attached hydrogen (secondary N) is 1. The minimum atomic E-state index is -1.58. The highest BCUT2D eigenvalue weighted by atomic mass is 16.4. The van der Waals surface area contributed by atoms with Crippen LogP contribution in [0, 0.1) is 0 Å². The molecular formula is C12H14N2O4. The normalized spacial score (nSPS) is 15.1. The van der Waals surface area contributed by atoms with Gasteiger partial charge in [-0.15, -0.1) is 0 Å². The molecule has 0 spiro atoms. The maximum Gasteiger partial charge on any atom is 0.334 e. The molecule has 3 N–H and O–H groups in total. The average Bonchev–Trinajstić information content (AvgIpc) is 2.79. The van der Waals surface area contributed by atoms with Gasteiger partial charge in [-0.3, -0.25) is 4.90 Å². The summed E-state index contributed by atoms with van der Waals surface area (Å²) in [6.07, 6.45) is -0.794. The Balaban J connectivity index is 1.97. The minimum absolute atomic E-state index is 0.299. The van der Waals surface area contributed by atoms with Crippen LogP contribution in [0.25, 0.3) is 0 Å². The van der Waals surface area contributed by atoms with Crippen LogP contribution in [-0.4, -0.2) is 41.4 Å². The Morgan fingerprint density at radius 1 is 1.39 bits per heavy atom. The van der Waals surface area contributed by atoms with E-state index in [0.29, 0.717) is 6.54 Å². The summed E-state index contributed by atoms with van der Waals surface area (Å²) in [7, 11) is 0. The second-order valence-corrected chi connectivity index (χ2v) is 4.07. The van der Waals surface area contributed by atoms with Crippen molar-refractivity contribution in [2.24, 2.45) is 0 Å². The summed E-state index contributed by atoms with van der Waals surface area (Å²) in [6, 6.07) is 7.16. The number of rotatable bonds is 3. The Morgan fingerprint density at radius 3 is 2.83 bits per heavy atom. The summed E-state index contributed by atoms with van der Waals surface area (Å²) >= 11 is 0. The molecule has 1 aliphatic rings. The fourth-order valence-electron chi connectivity index (χ4n) is 1.92. The van der Waals surface area contributed by atoms with Crippen molar-refractivity contribution in [1.29, 1.82) is 0 Å². The molecule has 1 aromatic rings. The van der Waals surface area contributed by atoms with Crippen molar-refractivity contribution in [2.75, 3.05) is 18.0 Å². The Bertz CT molecular complexity index is 475. The van der Waals surface area contributed by atoms with Gasteiger partial charge in [0.1, 0.15) is 0 Å². The average molecular weight is 250 g/mol. The smallest absolute Gasteiger partial charge is 0.334 e. The number of carboxylic acids is 1. The van der Waals surface area contributed by atoms with Gasteiger partial charge < -0.3 is 15.5 Å². The maximum atomic E-state index is 11.8. The number of hydrogen-bond donors (Lipinski definition) is 3. The van der Waals surface area contributed by atoms with Gasteiger partial charge in [0.2, 0.25) is 0 Å². The summed E-state index contributed by atoms with van der Waals surface area (Å²) in [6.45, 7) is 0.265. The van der Waals surface area contributed by atoms with E-state index in [9.17, 15) is 9.59 Å². The third kappa shape index (κ3) is 2.43. The van der Waals surface area contributed by atoms with Crippen molar-refractivity contribution in [1.82, 2.24) is 5.32 Å². The Morgan fingerprint density at radius 2 is 2.11 bits per heavy atom. The third-order valence-corrected chi connectivity index (χ3v) is 2.86. The van der Waals surface area contributed by atoms with Crippen LogP contribution in [-0.2, 0) is 11.2 Å². The Labute approximate surface area is 104 Å². The van der Waals surface area contributed by atoms with E-state index in [4.69, 9.17) is 10.2 Å². The van der Waals surface area contributed by atoms with E-state index < -0.39 is 12.1 Å². The number of hydrogen-bond acceptors (Lipinski definition) is 3. The van der Waals surface area contributed by atoms with Gasteiger partial charge in [-0.05, 0) is 18.1 Å². The second kappa shape index (κ2) is 5.05. The lowest BCUT2D eigenvalue weighted by Crippen LogP contribution is -2.44. The summed E-state index contributed by atoms with van der Waals surface area (Å²) in [5.74, 6) is -1.35. The van der Waals surface area contributed by atoms with Crippen molar-refractivity contribution in [3.8, 4) is 0 Å². The topological polar surface area (TPSA) is 89.9 Å². The molecule has 1 unspecified atom stereocenters. The van der Waals surface area contributed by atoms with Crippen molar-refractivity contribution in [3.05, 3.63) is 29.8 Å². The molecule has 0 fully saturated rings. The van der Waals surface area contributed by atoms with Gasteiger partial charge in [0, 0.05) is 12.2 Å². The van der Waals surface area contributed by atoms with Crippen LogP contribution < -0.4 is 10.2 Å². The van der Waals surface area contributed by atoms with Crippen LogP contribution >= 0.6 is 0 Å². The van der Waals surface area contributed by atoms with Crippen LogP contribution in [0.15, 0.2) is 24.3 Å². The molecule has 1 aromatic carbocycles. The molecule has 0 aliphatic carbocycles. The van der Waals surface area contributed by atoms with Crippen molar-refractivity contribution in [2.45, 2.75) is 12.5 Å². The highest BCUT2D eigenvalue weighted by Crippen LogP contribution is 2.27. The molecule has 1 heterocycles. The third-order valence-electron chi connectivity index (χ3n) is 2.86. The number of aliphatic carboxylic acids is 1. The summed E-state index contributed by atoms with van der Waals surface area (Å²) in [5.41, 5.74) is 1.92. The molecule has 6 nitrogen and oxygen atoms in total. The number of fused-ring (bicyclic) bond motifs is 1. The van der Waals surface area contributed by atoms with Crippen LogP contribution in [0.4, 0.5) is 10.5 Å². The number of carboxylic acid groups (broad SMARTS) is 1. The first-order valence-corrected chi connectivity index (χ1v) is 5.63. The zero-order chi connectivity index (χ0) is 13.1. The van der Waals surface area contributed by atoms with Crippen LogP contribution in [0.5, 0.6) is 0 Å². The summed E-state index contributed by atoms with van der Waals surface area (Å²) in [5, 5.41) is 20.0. The van der Waals surface area contributed by atoms with Gasteiger partial charge >= 0.3 is 12.0 Å². The van der Waals surface area contributed by atoms with E-state index in [2.05, 4.69) is 5.32 Å². The SMILES string of the molecule is O=C(O)C(O)CNC(=O)N1CCc2ccccc21. The predicted octanol–water partition coefficient (Wildman–Crippen LogP) is 0.204. The molecule has 0 bridgehead atoms. The van der Waals surface area contributed by atoms with Gasteiger partial charge in [0.05, 0.1) is 6.54 Å². The number of carbonyl (C=O) groups is 2. The number of aliphatic hydroxyl groups is 1. The van der Waals surface area contributed by atoms with E-state index in [1.807, 2.05) is 24.3 Å². The van der Waals surface area contributed by atoms with Crippen LogP contribution in [0.2, 0.25) is 0 Å². The first-order valence-electron chi connectivity index (χ1n) is 5.63. The van der Waals surface area contributed by atoms with E-state index in [-0.39, 0.29) is 12.6 Å². The van der Waals surface area contributed by atoms with E-state index in [1.54, 1.807) is 4.90 Å². The molecule has 1 atom stereocenters. The summed E-state index contributed by atoms with van der Waals surface area (Å²) in [4.78, 5) is 23.8. The number of urea groups is 1. The lowest BCUT2D eigenvalue weighted by Gasteiger charge is -2.18. The second-order valence-electron chi connectivity index (χ2n) is 4.07. The molecular weight excluding hydrogens is 236 g/mol. The predicted molar refractivity (Wildman–Crippen MR) is 64.5 cm³/mol. The molecule has 2 amide bonds. The van der Waals surface area contributed by atoms with E-state index in [1.165, 1.54) is 0 Å². The standard InChI is InChI=1S/C12H14N2O4/c15-10(11(16)17)7-13-12(18)14-6-5-8-3-1-2-4-9(8)14/h1-4,10,15H,5-7H2,(H,13,18)(H,16,17). The van der Waals surface area contributed by atoms with Gasteiger partial charge in [-0.1, -0.05) is 18.2 Å². The lowest BCUT2D eigenvalue weighted by molar-refractivity contribution is -0.146. The number of para-hydroxylation sites is 1. The van der Waals surface area contributed by atoms with Gasteiger partial charge in [0.25, 0.3) is 0 Å². The van der Waals surface area contributed by atoms with E-state index in [0.717, 1.165) is 17.7 Å². The first-order chi connectivity index (χ1) is 8.59. The minimum Gasteiger partial charge on any atom is -0.479 e. The number of anilines is 1. The van der Waals surface area contributed by atoms with Crippen molar-refractivity contribution < 1.29 is 19.8 Å². The molecule has 1 aliphatic heterocycles. The van der Waals surface area contributed by atoms with Crippen molar-refractivity contribution >= 4 is 17.7 Å². The molecule has 18 heavy (non-hydrogen) atoms. The van der Waals surface area contributed by atoms with Gasteiger partial charge in [-0.25, -0.2) is 9.59 Å². The molecule has 0 saturated heterocycles. The summed E-state index contributed by atoms with van der Waals surface area (Å²) < 4.78 is 0. The highest BCUT2D eigenvalue weighted by Gasteiger charge is 2.24. The molecule has 2 rings (SSSR count). The Kier molecular flexibility index (Phi) is 3.47. The number of nitrogens with zero attached hydrogens (tertiary/aromatic N) is 1. The number of aliphatic hydroxyl groups excluding tert-OH is 1. The Hall–Kier alpha value is -2.08. The molecule has 0 radical (unpaired) electrons. The van der Waals surface area contributed by atoms with Crippen molar-refractivity contribution in [3.63, 3.8) is 0 Å².